The molecule has 2 aliphatic carbocycles. The number of hydrogen-bond donors (Lipinski definition) is 2. The fourth-order valence-corrected chi connectivity index (χ4v) is 2.89. The molecule has 0 saturated heterocycles. The van der Waals surface area contributed by atoms with E-state index in [1.54, 1.807) is 0 Å². The smallest absolute Gasteiger partial charge is 0.00199 e. The summed E-state index contributed by atoms with van der Waals surface area (Å²) in [4.78, 5) is 0. The monoisotopic (exact) mass is 224 g/mol. The van der Waals surface area contributed by atoms with Crippen LogP contribution in [0.4, 0.5) is 0 Å². The van der Waals surface area contributed by atoms with Gasteiger partial charge in [0.25, 0.3) is 0 Å². The minimum Gasteiger partial charge on any atom is -0.330 e. The van der Waals surface area contributed by atoms with Crippen molar-refractivity contribution in [3.05, 3.63) is 0 Å². The highest BCUT2D eigenvalue weighted by molar-refractivity contribution is 4.87. The summed E-state index contributed by atoms with van der Waals surface area (Å²) >= 11 is 0. The molecule has 16 heavy (non-hydrogen) atoms. The van der Waals surface area contributed by atoms with E-state index < -0.39 is 0 Å². The summed E-state index contributed by atoms with van der Waals surface area (Å²) in [7, 11) is 0. The van der Waals surface area contributed by atoms with Crippen molar-refractivity contribution in [2.75, 3.05) is 19.6 Å². The third-order valence-corrected chi connectivity index (χ3v) is 4.69. The Morgan fingerprint density at radius 2 is 1.88 bits per heavy atom. The van der Waals surface area contributed by atoms with Gasteiger partial charge >= 0.3 is 0 Å². The van der Waals surface area contributed by atoms with Gasteiger partial charge in [0, 0.05) is 6.54 Å². The molecular weight excluding hydrogens is 196 g/mol. The van der Waals surface area contributed by atoms with Crippen LogP contribution in [0.25, 0.3) is 0 Å². The van der Waals surface area contributed by atoms with Gasteiger partial charge in [0.15, 0.2) is 0 Å². The Morgan fingerprint density at radius 1 is 1.19 bits per heavy atom. The van der Waals surface area contributed by atoms with Crippen molar-refractivity contribution in [2.24, 2.45) is 23.0 Å². The number of nitrogens with two attached hydrogens (primary N) is 1. The SMILES string of the molecule is CC1CCC(CN)(CNCCC2CC2)CC1. The predicted octanol–water partition coefficient (Wildman–Crippen LogP) is 2.53. The molecule has 0 radical (unpaired) electrons. The highest BCUT2D eigenvalue weighted by Crippen LogP contribution is 2.37. The van der Waals surface area contributed by atoms with Crippen LogP contribution in [-0.2, 0) is 0 Å². The second-order valence-electron chi connectivity index (χ2n) is 6.30. The van der Waals surface area contributed by atoms with Crippen molar-refractivity contribution >= 4 is 0 Å². The van der Waals surface area contributed by atoms with Crippen LogP contribution in [0, 0.1) is 17.3 Å². The molecular formula is C14H28N2. The fourth-order valence-electron chi connectivity index (χ4n) is 2.89. The van der Waals surface area contributed by atoms with E-state index in [1.807, 2.05) is 0 Å². The zero-order chi connectivity index (χ0) is 11.4. The van der Waals surface area contributed by atoms with Crippen LogP contribution in [0.3, 0.4) is 0 Å². The molecule has 0 aliphatic heterocycles. The lowest BCUT2D eigenvalue weighted by atomic mass is 9.71. The average molecular weight is 224 g/mol. The lowest BCUT2D eigenvalue weighted by Crippen LogP contribution is -2.43. The van der Waals surface area contributed by atoms with Gasteiger partial charge < -0.3 is 11.1 Å². The van der Waals surface area contributed by atoms with Gasteiger partial charge in [0.1, 0.15) is 0 Å². The van der Waals surface area contributed by atoms with Gasteiger partial charge in [-0.2, -0.15) is 0 Å². The van der Waals surface area contributed by atoms with Crippen LogP contribution in [0.2, 0.25) is 0 Å². The fraction of sp³-hybridized carbons (Fsp3) is 1.00. The molecule has 0 amide bonds. The highest BCUT2D eigenvalue weighted by atomic mass is 14.9. The molecule has 2 saturated carbocycles. The number of hydrogen-bond acceptors (Lipinski definition) is 2. The van der Waals surface area contributed by atoms with Crippen LogP contribution in [0.5, 0.6) is 0 Å². The van der Waals surface area contributed by atoms with Crippen LogP contribution in [-0.4, -0.2) is 19.6 Å². The van der Waals surface area contributed by atoms with Gasteiger partial charge in [-0.15, -0.1) is 0 Å². The van der Waals surface area contributed by atoms with E-state index in [2.05, 4.69) is 12.2 Å². The third-order valence-electron chi connectivity index (χ3n) is 4.69. The molecule has 0 aromatic carbocycles. The van der Waals surface area contributed by atoms with E-state index in [1.165, 1.54) is 51.5 Å². The molecule has 0 atom stereocenters. The number of nitrogens with one attached hydrogen (secondary N) is 1. The second kappa shape index (κ2) is 5.50. The van der Waals surface area contributed by atoms with E-state index >= 15 is 0 Å². The Hall–Kier alpha value is -0.0800. The molecule has 0 heterocycles. The van der Waals surface area contributed by atoms with E-state index in [-0.39, 0.29) is 0 Å². The Bertz CT molecular complexity index is 203. The lowest BCUT2D eigenvalue weighted by molar-refractivity contribution is 0.159. The van der Waals surface area contributed by atoms with Crippen molar-refractivity contribution in [1.29, 1.82) is 0 Å². The van der Waals surface area contributed by atoms with Gasteiger partial charge in [-0.25, -0.2) is 0 Å². The molecule has 0 aromatic heterocycles. The summed E-state index contributed by atoms with van der Waals surface area (Å²) in [5.41, 5.74) is 6.42. The first-order chi connectivity index (χ1) is 7.74. The predicted molar refractivity (Wildman–Crippen MR) is 69.3 cm³/mol. The summed E-state index contributed by atoms with van der Waals surface area (Å²) in [6, 6.07) is 0. The summed E-state index contributed by atoms with van der Waals surface area (Å²) in [5, 5.41) is 3.65. The Balaban J connectivity index is 1.66. The first kappa shape index (κ1) is 12.4. The van der Waals surface area contributed by atoms with Crippen molar-refractivity contribution in [1.82, 2.24) is 5.32 Å². The van der Waals surface area contributed by atoms with Crippen molar-refractivity contribution < 1.29 is 0 Å². The molecule has 2 nitrogen and oxygen atoms in total. The van der Waals surface area contributed by atoms with E-state index in [0.717, 1.165) is 24.9 Å². The van der Waals surface area contributed by atoms with Crippen LogP contribution in [0.1, 0.15) is 51.9 Å². The van der Waals surface area contributed by atoms with Crippen LogP contribution in [0.15, 0.2) is 0 Å². The van der Waals surface area contributed by atoms with Crippen molar-refractivity contribution in [3.8, 4) is 0 Å². The quantitative estimate of drug-likeness (QED) is 0.680. The van der Waals surface area contributed by atoms with Gasteiger partial charge in [-0.3, -0.25) is 0 Å². The minimum atomic E-state index is 0.427. The summed E-state index contributed by atoms with van der Waals surface area (Å²) in [5.74, 6) is 1.97. The topological polar surface area (TPSA) is 38.0 Å². The first-order valence-corrected chi connectivity index (χ1v) is 7.15. The standard InChI is InChI=1S/C14H28N2/c1-12-4-7-14(10-15,8-5-12)11-16-9-6-13-2-3-13/h12-13,16H,2-11,15H2,1H3. The lowest BCUT2D eigenvalue weighted by Gasteiger charge is -2.38. The van der Waals surface area contributed by atoms with Gasteiger partial charge in [-0.1, -0.05) is 32.6 Å². The van der Waals surface area contributed by atoms with E-state index in [4.69, 9.17) is 5.73 Å². The zero-order valence-electron chi connectivity index (χ0n) is 10.8. The number of rotatable bonds is 6. The molecule has 2 rings (SSSR count). The molecule has 0 bridgehead atoms. The maximum absolute atomic E-state index is 6.00. The molecule has 3 N–H and O–H groups in total. The molecule has 2 aliphatic rings. The van der Waals surface area contributed by atoms with E-state index in [9.17, 15) is 0 Å². The van der Waals surface area contributed by atoms with Crippen molar-refractivity contribution in [3.63, 3.8) is 0 Å². The van der Waals surface area contributed by atoms with Crippen molar-refractivity contribution in [2.45, 2.75) is 51.9 Å². The second-order valence-corrected chi connectivity index (χ2v) is 6.30. The largest absolute Gasteiger partial charge is 0.330 e. The molecule has 2 heteroatoms. The zero-order valence-corrected chi connectivity index (χ0v) is 10.8. The van der Waals surface area contributed by atoms with E-state index in [0.29, 0.717) is 5.41 Å². The Morgan fingerprint density at radius 3 is 2.44 bits per heavy atom. The maximum atomic E-state index is 6.00. The molecule has 2 fully saturated rings. The van der Waals surface area contributed by atoms with Crippen LogP contribution >= 0.6 is 0 Å². The highest BCUT2D eigenvalue weighted by Gasteiger charge is 2.32. The Kier molecular flexibility index (Phi) is 4.26. The first-order valence-electron chi connectivity index (χ1n) is 7.15. The molecule has 0 aromatic rings. The summed E-state index contributed by atoms with van der Waals surface area (Å²) in [6.07, 6.45) is 9.75. The molecule has 0 spiro atoms. The third kappa shape index (κ3) is 3.46. The Labute approximate surface area is 100 Å². The summed E-state index contributed by atoms with van der Waals surface area (Å²) < 4.78 is 0. The normalized spacial score (nSPS) is 35.2. The summed E-state index contributed by atoms with van der Waals surface area (Å²) in [6.45, 7) is 5.61. The van der Waals surface area contributed by atoms with Crippen LogP contribution < -0.4 is 11.1 Å². The molecule has 94 valence electrons. The minimum absolute atomic E-state index is 0.427. The van der Waals surface area contributed by atoms with Gasteiger partial charge in [-0.05, 0) is 49.6 Å². The maximum Gasteiger partial charge on any atom is 0.00199 e. The van der Waals surface area contributed by atoms with Gasteiger partial charge in [0.05, 0.1) is 0 Å². The average Bonchev–Trinajstić information content (AvgIpc) is 3.12. The van der Waals surface area contributed by atoms with Gasteiger partial charge in [0.2, 0.25) is 0 Å². The molecule has 0 unspecified atom stereocenters.